The molecule has 0 aliphatic carbocycles. The van der Waals surface area contributed by atoms with Crippen LogP contribution in [0.1, 0.15) is 181 Å². The molecule has 3 N–H and O–H groups in total. The van der Waals surface area contributed by atoms with Gasteiger partial charge in [-0.1, -0.05) is 177 Å². The molecule has 0 aliphatic heterocycles. The lowest BCUT2D eigenvalue weighted by Crippen LogP contribution is -2.28. The van der Waals surface area contributed by atoms with Crippen molar-refractivity contribution in [3.05, 3.63) is 60.8 Å². The fraction of sp³-hybridized carbons (Fsp3) is 0.756. The van der Waals surface area contributed by atoms with E-state index in [4.69, 9.17) is 24.3 Å². The van der Waals surface area contributed by atoms with Crippen molar-refractivity contribution in [2.45, 2.75) is 187 Å². The summed E-state index contributed by atoms with van der Waals surface area (Å²) in [6, 6.07) is 0. The first-order valence-electron chi connectivity index (χ1n) is 21.8. The summed E-state index contributed by atoms with van der Waals surface area (Å²) in [7, 11) is -4.28. The maximum atomic E-state index is 12.6. The van der Waals surface area contributed by atoms with E-state index in [9.17, 15) is 14.3 Å². The maximum Gasteiger partial charge on any atom is 0.472 e. The summed E-state index contributed by atoms with van der Waals surface area (Å²) in [4.78, 5) is 22.5. The summed E-state index contributed by atoms with van der Waals surface area (Å²) in [6.07, 6.45) is 50.9. The maximum absolute atomic E-state index is 12.6. The second-order valence-corrected chi connectivity index (χ2v) is 15.6. The standard InChI is InChI=1S/C45H82NO7P/c1-3-5-7-9-11-13-15-17-18-19-20-21-22-23-24-25-26-27-28-30-32-34-36-38-45(47)53-44(43-52-54(48,49)51-41-39-46)42-50-40-37-35-33-31-29-16-14-12-10-8-6-4-2/h5,7,11,13,17-18,20-21,23-24,44H,3-4,6,8-10,12,14-16,19,22,25-43,46H2,1-2H3,(H,48,49)/b7-5-,13-11-,18-17-,21-20-,24-23-. The van der Waals surface area contributed by atoms with Crippen LogP contribution in [0.5, 0.6) is 0 Å². The van der Waals surface area contributed by atoms with Crippen LogP contribution in [-0.2, 0) is 27.9 Å². The van der Waals surface area contributed by atoms with Crippen LogP contribution >= 0.6 is 7.82 Å². The number of carbonyl (C=O) groups excluding carboxylic acids is 1. The second kappa shape index (κ2) is 42.3. The van der Waals surface area contributed by atoms with Gasteiger partial charge in [-0.15, -0.1) is 0 Å². The molecule has 54 heavy (non-hydrogen) atoms. The van der Waals surface area contributed by atoms with Crippen LogP contribution in [0.25, 0.3) is 0 Å². The van der Waals surface area contributed by atoms with Gasteiger partial charge in [0.1, 0.15) is 6.10 Å². The minimum atomic E-state index is -4.28. The first kappa shape index (κ1) is 52.2. The van der Waals surface area contributed by atoms with Crippen LogP contribution in [0.3, 0.4) is 0 Å². The van der Waals surface area contributed by atoms with Crippen LogP contribution < -0.4 is 5.73 Å². The van der Waals surface area contributed by atoms with Crippen LogP contribution in [0.4, 0.5) is 0 Å². The molecule has 0 aromatic heterocycles. The van der Waals surface area contributed by atoms with E-state index in [1.807, 2.05) is 0 Å². The number of unbranched alkanes of at least 4 members (excludes halogenated alkanes) is 18. The zero-order chi connectivity index (χ0) is 39.5. The fourth-order valence-corrected chi connectivity index (χ4v) is 6.55. The van der Waals surface area contributed by atoms with Gasteiger partial charge in [0.2, 0.25) is 0 Å². The first-order valence-corrected chi connectivity index (χ1v) is 23.3. The predicted octanol–water partition coefficient (Wildman–Crippen LogP) is 13.0. The van der Waals surface area contributed by atoms with Crippen LogP contribution in [0.2, 0.25) is 0 Å². The lowest BCUT2D eigenvalue weighted by Gasteiger charge is -2.20. The normalized spacial score (nSPS) is 14.1. The van der Waals surface area contributed by atoms with Crippen molar-refractivity contribution in [1.82, 2.24) is 0 Å². The van der Waals surface area contributed by atoms with Gasteiger partial charge in [-0.3, -0.25) is 13.8 Å². The Morgan fingerprint density at radius 2 is 1.04 bits per heavy atom. The van der Waals surface area contributed by atoms with Gasteiger partial charge < -0.3 is 20.1 Å². The molecule has 0 spiro atoms. The Bertz CT molecular complexity index is 1010. The van der Waals surface area contributed by atoms with E-state index in [1.54, 1.807) is 0 Å². The third kappa shape index (κ3) is 41.4. The van der Waals surface area contributed by atoms with E-state index >= 15 is 0 Å². The number of ether oxygens (including phenoxy) is 2. The lowest BCUT2D eigenvalue weighted by molar-refractivity contribution is -0.154. The van der Waals surface area contributed by atoms with Crippen molar-refractivity contribution >= 4 is 13.8 Å². The molecule has 0 radical (unpaired) electrons. The highest BCUT2D eigenvalue weighted by Gasteiger charge is 2.25. The minimum Gasteiger partial charge on any atom is -0.457 e. The van der Waals surface area contributed by atoms with E-state index in [-0.39, 0.29) is 32.3 Å². The summed E-state index contributed by atoms with van der Waals surface area (Å²) >= 11 is 0. The highest BCUT2D eigenvalue weighted by molar-refractivity contribution is 7.47. The molecule has 0 aromatic carbocycles. The smallest absolute Gasteiger partial charge is 0.457 e. The monoisotopic (exact) mass is 780 g/mol. The number of phosphoric acid groups is 1. The molecule has 0 amide bonds. The van der Waals surface area contributed by atoms with Gasteiger partial charge in [0.05, 0.1) is 19.8 Å². The summed E-state index contributed by atoms with van der Waals surface area (Å²) in [5.41, 5.74) is 5.36. The average Bonchev–Trinajstić information content (AvgIpc) is 3.16. The van der Waals surface area contributed by atoms with Crippen LogP contribution in [0, 0.1) is 0 Å². The molecule has 9 heteroatoms. The number of hydrogen-bond donors (Lipinski definition) is 2. The van der Waals surface area contributed by atoms with Gasteiger partial charge in [0.25, 0.3) is 0 Å². The number of carbonyl (C=O) groups is 1. The second-order valence-electron chi connectivity index (χ2n) is 14.2. The van der Waals surface area contributed by atoms with Crippen LogP contribution in [-0.4, -0.2) is 49.9 Å². The van der Waals surface area contributed by atoms with E-state index in [0.29, 0.717) is 13.0 Å². The highest BCUT2D eigenvalue weighted by atomic mass is 31.2. The largest absolute Gasteiger partial charge is 0.472 e. The van der Waals surface area contributed by atoms with Gasteiger partial charge in [0.15, 0.2) is 0 Å². The molecule has 2 atom stereocenters. The molecule has 0 fully saturated rings. The van der Waals surface area contributed by atoms with E-state index in [0.717, 1.165) is 70.6 Å². The molecule has 0 saturated heterocycles. The molecule has 0 saturated carbocycles. The highest BCUT2D eigenvalue weighted by Crippen LogP contribution is 2.43. The number of hydrogen-bond acceptors (Lipinski definition) is 7. The first-order chi connectivity index (χ1) is 26.4. The molecular weight excluding hydrogens is 697 g/mol. The third-order valence-electron chi connectivity index (χ3n) is 8.95. The van der Waals surface area contributed by atoms with Crippen LogP contribution in [0.15, 0.2) is 60.8 Å². The Balaban J connectivity index is 4.03. The Labute approximate surface area is 332 Å². The number of esters is 1. The Hall–Kier alpha value is -1.80. The van der Waals surface area contributed by atoms with Crippen molar-refractivity contribution in [2.24, 2.45) is 5.73 Å². The SMILES string of the molecule is CC/C=C\C/C=C\C/C=C\C/C=C\C/C=C\CCCCCCCCCC(=O)OC(COCCCCCCCCCCCCCC)COP(=O)(O)OCCN. The topological polar surface area (TPSA) is 117 Å². The molecule has 0 aromatic rings. The summed E-state index contributed by atoms with van der Waals surface area (Å²) in [6.45, 7) is 4.79. The average molecular weight is 780 g/mol. The Kier molecular flexibility index (Phi) is 40.9. The number of phosphoric ester groups is 1. The van der Waals surface area contributed by atoms with Gasteiger partial charge >= 0.3 is 13.8 Å². The molecule has 314 valence electrons. The molecular formula is C45H82NO7P. The fourth-order valence-electron chi connectivity index (χ4n) is 5.79. The third-order valence-corrected chi connectivity index (χ3v) is 9.93. The molecule has 2 unspecified atom stereocenters. The molecule has 8 nitrogen and oxygen atoms in total. The zero-order valence-electron chi connectivity index (χ0n) is 34.7. The van der Waals surface area contributed by atoms with Gasteiger partial charge in [0, 0.05) is 19.6 Å². The Morgan fingerprint density at radius 1 is 0.574 bits per heavy atom. The Morgan fingerprint density at radius 3 is 1.56 bits per heavy atom. The van der Waals surface area contributed by atoms with Crippen molar-refractivity contribution in [3.63, 3.8) is 0 Å². The number of allylic oxidation sites excluding steroid dienone is 10. The predicted molar refractivity (Wildman–Crippen MR) is 229 cm³/mol. The molecule has 0 heterocycles. The summed E-state index contributed by atoms with van der Waals surface area (Å²) < 4.78 is 33.4. The van der Waals surface area contributed by atoms with E-state index in [2.05, 4.69) is 74.6 Å². The van der Waals surface area contributed by atoms with Crippen molar-refractivity contribution in [2.75, 3.05) is 33.0 Å². The van der Waals surface area contributed by atoms with E-state index in [1.165, 1.54) is 89.9 Å². The minimum absolute atomic E-state index is 0.0968. The summed E-state index contributed by atoms with van der Waals surface area (Å²) in [5, 5.41) is 0. The number of nitrogens with two attached hydrogens (primary N) is 1. The molecule has 0 aliphatic rings. The number of rotatable bonds is 41. The zero-order valence-corrected chi connectivity index (χ0v) is 35.6. The van der Waals surface area contributed by atoms with E-state index < -0.39 is 13.9 Å². The van der Waals surface area contributed by atoms with Crippen molar-refractivity contribution < 1.29 is 32.8 Å². The quantitative estimate of drug-likeness (QED) is 0.0273. The summed E-state index contributed by atoms with van der Waals surface area (Å²) in [5.74, 6) is -0.342. The lowest BCUT2D eigenvalue weighted by atomic mass is 10.1. The molecule has 0 bridgehead atoms. The van der Waals surface area contributed by atoms with Crippen molar-refractivity contribution in [3.8, 4) is 0 Å². The molecule has 0 rings (SSSR count). The van der Waals surface area contributed by atoms with Gasteiger partial charge in [-0.25, -0.2) is 4.57 Å². The van der Waals surface area contributed by atoms with Gasteiger partial charge in [-0.05, 0) is 57.8 Å². The van der Waals surface area contributed by atoms with Crippen molar-refractivity contribution in [1.29, 1.82) is 0 Å². The van der Waals surface area contributed by atoms with Gasteiger partial charge in [-0.2, -0.15) is 0 Å².